The topological polar surface area (TPSA) is 81.2 Å². The summed E-state index contributed by atoms with van der Waals surface area (Å²) in [4.78, 5) is 36.9. The van der Waals surface area contributed by atoms with Crippen LogP contribution >= 0.6 is 11.3 Å². The zero-order valence-electron chi connectivity index (χ0n) is 20.2. The van der Waals surface area contributed by atoms with Crippen molar-refractivity contribution < 1.29 is 14.3 Å². The van der Waals surface area contributed by atoms with Gasteiger partial charge in [0, 0.05) is 40.9 Å². The third-order valence-corrected chi connectivity index (χ3v) is 7.41. The number of nitrogens with one attached hydrogen (secondary N) is 1. The predicted molar refractivity (Wildman–Crippen MR) is 140 cm³/mol. The number of ketones is 1. The molecule has 0 saturated heterocycles. The summed E-state index contributed by atoms with van der Waals surface area (Å²) >= 11 is 1.49. The van der Waals surface area contributed by atoms with Crippen molar-refractivity contribution in [1.82, 2.24) is 15.3 Å². The number of rotatable bonds is 6. The third-order valence-electron chi connectivity index (χ3n) is 6.51. The first-order valence-electron chi connectivity index (χ1n) is 11.6. The number of carbonyl (C=O) groups excluding carboxylic acids is 2. The summed E-state index contributed by atoms with van der Waals surface area (Å²) in [5, 5.41) is 6.16. The number of pyridine rings is 2. The van der Waals surface area contributed by atoms with Gasteiger partial charge in [0.15, 0.2) is 5.78 Å². The fourth-order valence-electron chi connectivity index (χ4n) is 5.20. The molecule has 0 amide bonds. The van der Waals surface area contributed by atoms with Gasteiger partial charge in [-0.3, -0.25) is 9.78 Å². The Morgan fingerprint density at radius 3 is 2.39 bits per heavy atom. The summed E-state index contributed by atoms with van der Waals surface area (Å²) in [6, 6.07) is 17.1. The predicted octanol–water partition coefficient (Wildman–Crippen LogP) is 5.46. The Bertz CT molecular complexity index is 1520. The van der Waals surface area contributed by atoms with E-state index in [2.05, 4.69) is 15.3 Å². The van der Waals surface area contributed by atoms with E-state index in [4.69, 9.17) is 4.74 Å². The summed E-state index contributed by atoms with van der Waals surface area (Å²) in [5.41, 5.74) is 3.46. The van der Waals surface area contributed by atoms with Gasteiger partial charge in [-0.1, -0.05) is 36.4 Å². The van der Waals surface area contributed by atoms with E-state index in [0.29, 0.717) is 22.5 Å². The molecule has 180 valence electrons. The van der Waals surface area contributed by atoms with E-state index in [9.17, 15) is 9.59 Å². The molecule has 4 heterocycles. The second kappa shape index (κ2) is 9.51. The molecule has 4 aromatic rings. The average Bonchev–Trinajstić information content (AvgIpc) is 3.32. The lowest BCUT2D eigenvalue weighted by atomic mass is 9.61. The van der Waals surface area contributed by atoms with Gasteiger partial charge in [-0.25, -0.2) is 9.78 Å². The van der Waals surface area contributed by atoms with Gasteiger partial charge in [-0.05, 0) is 61.0 Å². The summed E-state index contributed by atoms with van der Waals surface area (Å²) < 4.78 is 5.89. The highest BCUT2D eigenvalue weighted by atomic mass is 32.1. The van der Waals surface area contributed by atoms with Crippen LogP contribution < -0.4 is 5.32 Å². The summed E-state index contributed by atoms with van der Waals surface area (Å²) in [5.74, 6) is -0.629. The van der Waals surface area contributed by atoms with Crippen molar-refractivity contribution >= 4 is 33.3 Å². The highest BCUT2D eigenvalue weighted by Gasteiger charge is 2.52. The molecule has 7 heteroatoms. The molecule has 3 aromatic heterocycles. The van der Waals surface area contributed by atoms with Crippen molar-refractivity contribution in [1.29, 1.82) is 0 Å². The van der Waals surface area contributed by atoms with E-state index in [1.165, 1.54) is 18.3 Å². The first kappa shape index (κ1) is 23.6. The fourth-order valence-corrected chi connectivity index (χ4v) is 6.16. The molecule has 0 spiro atoms. The molecule has 1 aliphatic heterocycles. The van der Waals surface area contributed by atoms with Crippen LogP contribution in [0, 0.1) is 0 Å². The number of esters is 1. The van der Waals surface area contributed by atoms with Crippen molar-refractivity contribution in [3.63, 3.8) is 0 Å². The van der Waals surface area contributed by atoms with Crippen molar-refractivity contribution in [3.05, 3.63) is 118 Å². The van der Waals surface area contributed by atoms with Crippen LogP contribution in [0.25, 0.3) is 10.2 Å². The molecule has 6 nitrogen and oxygen atoms in total. The second-order valence-corrected chi connectivity index (χ2v) is 9.59. The average molecular weight is 496 g/mol. The van der Waals surface area contributed by atoms with Gasteiger partial charge in [-0.15, -0.1) is 11.3 Å². The maximum Gasteiger partial charge on any atom is 0.337 e. The Morgan fingerprint density at radius 1 is 0.944 bits per heavy atom. The van der Waals surface area contributed by atoms with E-state index in [1.807, 2.05) is 73.8 Å². The number of nitrogens with zero attached hydrogens (tertiary/aromatic N) is 2. The van der Waals surface area contributed by atoms with E-state index >= 15 is 0 Å². The smallest absolute Gasteiger partial charge is 0.337 e. The van der Waals surface area contributed by atoms with Gasteiger partial charge >= 0.3 is 5.97 Å². The summed E-state index contributed by atoms with van der Waals surface area (Å²) in [7, 11) is 0. The van der Waals surface area contributed by atoms with Crippen LogP contribution in [0.5, 0.6) is 0 Å². The van der Waals surface area contributed by atoms with Crippen LogP contribution in [-0.2, 0) is 26.3 Å². The molecule has 1 atom stereocenters. The Morgan fingerprint density at radius 2 is 1.67 bits per heavy atom. The normalized spacial score (nSPS) is 17.8. The number of carbonyl (C=O) groups is 2. The van der Waals surface area contributed by atoms with Gasteiger partial charge in [0.05, 0.1) is 11.0 Å². The van der Waals surface area contributed by atoms with Crippen molar-refractivity contribution in [3.8, 4) is 0 Å². The lowest BCUT2D eigenvalue weighted by Crippen LogP contribution is -2.45. The van der Waals surface area contributed by atoms with Gasteiger partial charge in [0.25, 0.3) is 0 Å². The molecule has 5 rings (SSSR count). The molecular formula is C29H25N3O3S. The molecule has 1 aromatic carbocycles. The van der Waals surface area contributed by atoms with Gasteiger partial charge < -0.3 is 10.1 Å². The number of ether oxygens (including phenoxy) is 1. The summed E-state index contributed by atoms with van der Waals surface area (Å²) in [6.45, 7) is 5.38. The van der Waals surface area contributed by atoms with Crippen LogP contribution in [0.4, 0.5) is 0 Å². The molecule has 0 radical (unpaired) electrons. The minimum absolute atomic E-state index is 0.118. The van der Waals surface area contributed by atoms with Crippen molar-refractivity contribution in [2.45, 2.75) is 32.8 Å². The molecule has 0 fully saturated rings. The number of benzene rings is 1. The zero-order valence-corrected chi connectivity index (χ0v) is 21.1. The van der Waals surface area contributed by atoms with E-state index in [-0.39, 0.29) is 12.4 Å². The van der Waals surface area contributed by atoms with Gasteiger partial charge in [-0.2, -0.15) is 0 Å². The quantitative estimate of drug-likeness (QED) is 0.358. The van der Waals surface area contributed by atoms with Gasteiger partial charge in [0.1, 0.15) is 11.4 Å². The monoisotopic (exact) mass is 495 g/mol. The Hall–Kier alpha value is -4.10. The van der Waals surface area contributed by atoms with Crippen LogP contribution in [-0.4, -0.2) is 21.7 Å². The first-order chi connectivity index (χ1) is 17.4. The van der Waals surface area contributed by atoms with Crippen LogP contribution in [0.1, 0.15) is 37.5 Å². The number of allylic oxidation sites excluding steroid dienone is 3. The molecule has 0 aliphatic carbocycles. The lowest BCUT2D eigenvalue weighted by molar-refractivity contribution is -0.141. The van der Waals surface area contributed by atoms with E-state index < -0.39 is 11.4 Å². The molecule has 1 aliphatic rings. The molecule has 0 bridgehead atoms. The largest absolute Gasteiger partial charge is 0.457 e. The standard InChI is InChI=1S/C29H25N3O3S/c1-18-25(20(3)33)29(22-11-14-30-15-12-22,24-17-36-27-23(24)10-7-13-31-27)26(19(2)32-18)28(34)35-16-21-8-5-4-6-9-21/h4-15,17,32H,16H2,1-3H3. The maximum absolute atomic E-state index is 14.0. The highest BCUT2D eigenvalue weighted by molar-refractivity contribution is 7.17. The number of dihydropyridines is 1. The Labute approximate surface area is 213 Å². The molecule has 1 N–H and O–H groups in total. The highest BCUT2D eigenvalue weighted by Crippen LogP contribution is 2.52. The number of fused-ring (bicyclic) bond motifs is 1. The van der Waals surface area contributed by atoms with Crippen molar-refractivity contribution in [2.75, 3.05) is 0 Å². The SMILES string of the molecule is CC(=O)C1=C(C)NC(C)=C(C(=O)OCc2ccccc2)C1(c1ccncc1)c1csc2ncccc12. The van der Waals surface area contributed by atoms with E-state index in [1.54, 1.807) is 18.6 Å². The van der Waals surface area contributed by atoms with Crippen molar-refractivity contribution in [2.24, 2.45) is 0 Å². The molecule has 1 unspecified atom stereocenters. The second-order valence-electron chi connectivity index (χ2n) is 8.73. The fraction of sp³-hybridized carbons (Fsp3) is 0.172. The first-order valence-corrected chi connectivity index (χ1v) is 12.5. The number of aromatic nitrogens is 2. The lowest BCUT2D eigenvalue weighted by Gasteiger charge is -2.42. The summed E-state index contributed by atoms with van der Waals surface area (Å²) in [6.07, 6.45) is 5.11. The van der Waals surface area contributed by atoms with Crippen LogP contribution in [0.2, 0.25) is 0 Å². The third kappa shape index (κ3) is 3.82. The Balaban J connectivity index is 1.80. The minimum Gasteiger partial charge on any atom is -0.457 e. The van der Waals surface area contributed by atoms with Crippen LogP contribution in [0.3, 0.4) is 0 Å². The number of Topliss-reactive ketones (excluding diaryl/α,β-unsaturated/α-hetero) is 1. The Kier molecular flexibility index (Phi) is 6.24. The zero-order chi connectivity index (χ0) is 25.3. The number of thiophene rings is 1. The number of hydrogen-bond acceptors (Lipinski definition) is 7. The van der Waals surface area contributed by atoms with E-state index in [0.717, 1.165) is 26.9 Å². The molecule has 0 saturated carbocycles. The molecular weight excluding hydrogens is 470 g/mol. The number of hydrogen-bond donors (Lipinski definition) is 1. The minimum atomic E-state index is -1.21. The van der Waals surface area contributed by atoms with Gasteiger partial charge in [0.2, 0.25) is 0 Å². The van der Waals surface area contributed by atoms with Crippen LogP contribution in [0.15, 0.2) is 101 Å². The molecule has 36 heavy (non-hydrogen) atoms. The maximum atomic E-state index is 14.0.